The van der Waals surface area contributed by atoms with E-state index in [0.29, 0.717) is 19.4 Å². The maximum atomic E-state index is 12.2. The molecule has 0 spiro atoms. The van der Waals surface area contributed by atoms with Gasteiger partial charge < -0.3 is 15.7 Å². The smallest absolute Gasteiger partial charge is 0.323 e. The minimum Gasteiger partial charge on any atom is -0.480 e. The number of carboxylic acid groups (broad SMARTS) is 1. The molecule has 7 nitrogen and oxygen atoms in total. The van der Waals surface area contributed by atoms with Crippen LogP contribution in [0.3, 0.4) is 0 Å². The van der Waals surface area contributed by atoms with Crippen molar-refractivity contribution in [1.82, 2.24) is 4.90 Å². The molecule has 1 aliphatic heterocycles. The number of rotatable bonds is 8. The van der Waals surface area contributed by atoms with Crippen LogP contribution in [-0.2, 0) is 19.4 Å². The van der Waals surface area contributed by atoms with Crippen LogP contribution in [0, 0.1) is 5.92 Å². The molecule has 0 aromatic heterocycles. The maximum absolute atomic E-state index is 12.2. The summed E-state index contributed by atoms with van der Waals surface area (Å²) in [6.45, 7) is 2.10. The van der Waals surface area contributed by atoms with Gasteiger partial charge >= 0.3 is 5.97 Å². The molecule has 0 aliphatic carbocycles. The van der Waals surface area contributed by atoms with E-state index in [1.54, 1.807) is 0 Å². The molecule has 2 unspecified atom stereocenters. The van der Waals surface area contributed by atoms with Gasteiger partial charge in [-0.15, -0.1) is 0 Å². The van der Waals surface area contributed by atoms with Crippen LogP contribution < -0.4 is 5.73 Å². The number of sulfone groups is 1. The van der Waals surface area contributed by atoms with Crippen molar-refractivity contribution in [2.24, 2.45) is 11.7 Å². The van der Waals surface area contributed by atoms with Crippen molar-refractivity contribution >= 4 is 21.7 Å². The molecule has 1 fully saturated rings. The van der Waals surface area contributed by atoms with Gasteiger partial charge in [-0.1, -0.05) is 6.92 Å². The molecule has 2 atom stereocenters. The molecule has 0 saturated carbocycles. The number of amides is 1. The Bertz CT molecular complexity index is 477. The topological polar surface area (TPSA) is 118 Å². The van der Waals surface area contributed by atoms with E-state index in [0.717, 1.165) is 6.42 Å². The number of carbonyl (C=O) groups is 2. The average Bonchev–Trinajstić information content (AvgIpc) is 2.73. The minimum absolute atomic E-state index is 0.0185. The lowest BCUT2D eigenvalue weighted by atomic mass is 10.0. The molecule has 0 aromatic carbocycles. The molecule has 1 aliphatic rings. The standard InChI is InChI=1S/C13H24N2O5S/c1-10(4-6-14)2-3-12(16)15(8-13(17)18)11-5-7-21(19,20)9-11/h10-11H,2-9,14H2,1H3,(H,17,18). The normalized spacial score (nSPS) is 21.9. The van der Waals surface area contributed by atoms with Gasteiger partial charge in [-0.05, 0) is 31.7 Å². The Morgan fingerprint density at radius 1 is 1.38 bits per heavy atom. The Kier molecular flexibility index (Phi) is 6.60. The zero-order valence-electron chi connectivity index (χ0n) is 12.3. The Morgan fingerprint density at radius 3 is 2.52 bits per heavy atom. The molecule has 1 saturated heterocycles. The van der Waals surface area contributed by atoms with Gasteiger partial charge in [0.2, 0.25) is 5.91 Å². The van der Waals surface area contributed by atoms with E-state index >= 15 is 0 Å². The van der Waals surface area contributed by atoms with E-state index in [-0.39, 0.29) is 29.8 Å². The highest BCUT2D eigenvalue weighted by molar-refractivity contribution is 7.91. The number of nitrogens with zero attached hydrogens (tertiary/aromatic N) is 1. The quantitative estimate of drug-likeness (QED) is 0.642. The maximum Gasteiger partial charge on any atom is 0.323 e. The van der Waals surface area contributed by atoms with E-state index < -0.39 is 28.4 Å². The van der Waals surface area contributed by atoms with Crippen molar-refractivity contribution in [3.05, 3.63) is 0 Å². The van der Waals surface area contributed by atoms with E-state index in [4.69, 9.17) is 10.8 Å². The second-order valence-electron chi connectivity index (χ2n) is 5.69. The molecular weight excluding hydrogens is 296 g/mol. The SMILES string of the molecule is CC(CCN)CCC(=O)N(CC(=O)O)C1CCS(=O)(=O)C1. The van der Waals surface area contributed by atoms with Crippen LogP contribution in [0.5, 0.6) is 0 Å². The highest BCUT2D eigenvalue weighted by atomic mass is 32.2. The fourth-order valence-electron chi connectivity index (χ4n) is 2.53. The lowest BCUT2D eigenvalue weighted by molar-refractivity contribution is -0.146. The predicted octanol–water partition coefficient (Wildman–Crippen LogP) is -0.148. The van der Waals surface area contributed by atoms with Gasteiger partial charge in [-0.3, -0.25) is 9.59 Å². The minimum atomic E-state index is -3.15. The number of nitrogens with two attached hydrogens (primary N) is 1. The van der Waals surface area contributed by atoms with E-state index in [2.05, 4.69) is 0 Å². The summed E-state index contributed by atoms with van der Waals surface area (Å²) < 4.78 is 23.0. The van der Waals surface area contributed by atoms with Crippen molar-refractivity contribution in [2.75, 3.05) is 24.6 Å². The fourth-order valence-corrected chi connectivity index (χ4v) is 4.26. The molecule has 1 heterocycles. The summed E-state index contributed by atoms with van der Waals surface area (Å²) in [6.07, 6.45) is 1.99. The lowest BCUT2D eigenvalue weighted by Gasteiger charge is -2.27. The van der Waals surface area contributed by atoms with E-state index in [1.807, 2.05) is 6.92 Å². The summed E-state index contributed by atoms with van der Waals surface area (Å²) in [5, 5.41) is 8.92. The molecule has 8 heteroatoms. The summed E-state index contributed by atoms with van der Waals surface area (Å²) >= 11 is 0. The van der Waals surface area contributed by atoms with Crippen LogP contribution >= 0.6 is 0 Å². The molecule has 3 N–H and O–H groups in total. The van der Waals surface area contributed by atoms with Crippen LogP contribution in [0.4, 0.5) is 0 Å². The molecule has 0 bridgehead atoms. The largest absolute Gasteiger partial charge is 0.480 e. The lowest BCUT2D eigenvalue weighted by Crippen LogP contribution is -2.44. The molecule has 0 radical (unpaired) electrons. The molecule has 21 heavy (non-hydrogen) atoms. The third-order valence-electron chi connectivity index (χ3n) is 3.79. The third-order valence-corrected chi connectivity index (χ3v) is 5.54. The van der Waals surface area contributed by atoms with Crippen molar-refractivity contribution in [2.45, 2.75) is 38.6 Å². The van der Waals surface area contributed by atoms with Gasteiger partial charge in [0.05, 0.1) is 11.5 Å². The zero-order chi connectivity index (χ0) is 16.0. The Morgan fingerprint density at radius 2 is 2.05 bits per heavy atom. The van der Waals surface area contributed by atoms with Crippen LogP contribution in [0.25, 0.3) is 0 Å². The first-order chi connectivity index (χ1) is 9.75. The second kappa shape index (κ2) is 7.74. The van der Waals surface area contributed by atoms with Gasteiger partial charge in [-0.2, -0.15) is 0 Å². The monoisotopic (exact) mass is 320 g/mol. The van der Waals surface area contributed by atoms with Gasteiger partial charge in [0.15, 0.2) is 9.84 Å². The van der Waals surface area contributed by atoms with Crippen LogP contribution in [-0.4, -0.2) is 60.9 Å². The first-order valence-corrected chi connectivity index (χ1v) is 8.99. The first-order valence-electron chi connectivity index (χ1n) is 7.17. The molecular formula is C13H24N2O5S. The first kappa shape index (κ1) is 17.9. The van der Waals surface area contributed by atoms with Crippen molar-refractivity contribution < 1.29 is 23.1 Å². The van der Waals surface area contributed by atoms with Crippen molar-refractivity contribution in [1.29, 1.82) is 0 Å². The molecule has 1 amide bonds. The zero-order valence-corrected chi connectivity index (χ0v) is 13.1. The molecule has 0 aromatic rings. The third kappa shape index (κ3) is 6.01. The van der Waals surface area contributed by atoms with Crippen LogP contribution in [0.1, 0.15) is 32.6 Å². The summed E-state index contributed by atoms with van der Waals surface area (Å²) in [7, 11) is -3.15. The van der Waals surface area contributed by atoms with Crippen LogP contribution in [0.2, 0.25) is 0 Å². The summed E-state index contributed by atoms with van der Waals surface area (Å²) in [5.41, 5.74) is 5.45. The Balaban J connectivity index is 2.65. The number of carbonyl (C=O) groups excluding carboxylic acids is 1. The predicted molar refractivity (Wildman–Crippen MR) is 78.5 cm³/mol. The number of hydrogen-bond acceptors (Lipinski definition) is 5. The summed E-state index contributed by atoms with van der Waals surface area (Å²) in [5.74, 6) is -1.24. The van der Waals surface area contributed by atoms with Gasteiger partial charge in [-0.25, -0.2) is 8.42 Å². The van der Waals surface area contributed by atoms with Crippen molar-refractivity contribution in [3.8, 4) is 0 Å². The number of aliphatic carboxylic acids is 1. The Labute approximate surface area is 125 Å². The highest BCUT2D eigenvalue weighted by Crippen LogP contribution is 2.20. The number of carboxylic acids is 1. The van der Waals surface area contributed by atoms with Gasteiger partial charge in [0.1, 0.15) is 6.54 Å². The fraction of sp³-hybridized carbons (Fsp3) is 0.846. The number of hydrogen-bond donors (Lipinski definition) is 2. The van der Waals surface area contributed by atoms with Crippen molar-refractivity contribution in [3.63, 3.8) is 0 Å². The van der Waals surface area contributed by atoms with Gasteiger partial charge in [0, 0.05) is 12.5 Å². The summed E-state index contributed by atoms with van der Waals surface area (Å²) in [6, 6.07) is -0.511. The summed E-state index contributed by atoms with van der Waals surface area (Å²) in [4.78, 5) is 24.3. The van der Waals surface area contributed by atoms with Gasteiger partial charge in [0.25, 0.3) is 0 Å². The van der Waals surface area contributed by atoms with E-state index in [9.17, 15) is 18.0 Å². The second-order valence-corrected chi connectivity index (χ2v) is 7.92. The molecule has 122 valence electrons. The Hall–Kier alpha value is -1.15. The van der Waals surface area contributed by atoms with E-state index in [1.165, 1.54) is 4.90 Å². The highest BCUT2D eigenvalue weighted by Gasteiger charge is 2.35. The molecule has 1 rings (SSSR count). The average molecular weight is 320 g/mol. The van der Waals surface area contributed by atoms with Crippen LogP contribution in [0.15, 0.2) is 0 Å².